The predicted octanol–water partition coefficient (Wildman–Crippen LogP) is 2.76. The van der Waals surface area contributed by atoms with Crippen molar-refractivity contribution in [1.29, 1.82) is 0 Å². The molecular formula is C17H21NO5. The molecule has 124 valence electrons. The lowest BCUT2D eigenvalue weighted by molar-refractivity contribution is -0.143. The fourth-order valence-corrected chi connectivity index (χ4v) is 2.32. The summed E-state index contributed by atoms with van der Waals surface area (Å²) in [6.07, 6.45) is 0.493. The van der Waals surface area contributed by atoms with Crippen LogP contribution in [0, 0.1) is 5.92 Å². The minimum absolute atomic E-state index is 0.144. The molecule has 0 bridgehead atoms. The lowest BCUT2D eigenvalue weighted by Crippen LogP contribution is -2.42. The number of nitrogens with one attached hydrogen (secondary N) is 1. The Hall–Kier alpha value is -2.50. The Morgan fingerprint density at radius 3 is 2.57 bits per heavy atom. The van der Waals surface area contributed by atoms with Gasteiger partial charge in [0.1, 0.15) is 17.4 Å². The molecule has 0 radical (unpaired) electrons. The molecule has 2 aromatic rings. The Labute approximate surface area is 134 Å². The number of amides is 1. The number of hydrogen-bond acceptors (Lipinski definition) is 5. The van der Waals surface area contributed by atoms with Gasteiger partial charge in [0.2, 0.25) is 0 Å². The first kappa shape index (κ1) is 16.9. The van der Waals surface area contributed by atoms with Gasteiger partial charge in [-0.3, -0.25) is 4.79 Å². The van der Waals surface area contributed by atoms with Gasteiger partial charge in [0.25, 0.3) is 5.91 Å². The van der Waals surface area contributed by atoms with E-state index in [4.69, 9.17) is 13.9 Å². The molecule has 0 aliphatic rings. The molecule has 0 aliphatic carbocycles. The van der Waals surface area contributed by atoms with Crippen LogP contribution in [-0.4, -0.2) is 32.1 Å². The van der Waals surface area contributed by atoms with Crippen LogP contribution in [0.2, 0.25) is 0 Å². The van der Waals surface area contributed by atoms with Gasteiger partial charge in [-0.1, -0.05) is 13.8 Å². The minimum Gasteiger partial charge on any atom is -0.497 e. The highest BCUT2D eigenvalue weighted by molar-refractivity contribution is 5.98. The van der Waals surface area contributed by atoms with Crippen LogP contribution < -0.4 is 10.1 Å². The van der Waals surface area contributed by atoms with Crippen molar-refractivity contribution in [3.05, 3.63) is 30.0 Å². The van der Waals surface area contributed by atoms with Crippen molar-refractivity contribution in [2.24, 2.45) is 5.92 Å². The number of carbonyl (C=O) groups excluding carboxylic acids is 2. The number of furan rings is 1. The molecule has 0 saturated heterocycles. The van der Waals surface area contributed by atoms with E-state index in [1.807, 2.05) is 13.8 Å². The lowest BCUT2D eigenvalue weighted by atomic mass is 10.0. The van der Waals surface area contributed by atoms with Crippen molar-refractivity contribution in [1.82, 2.24) is 5.32 Å². The zero-order valence-corrected chi connectivity index (χ0v) is 13.7. The van der Waals surface area contributed by atoms with Gasteiger partial charge in [-0.05, 0) is 36.6 Å². The van der Waals surface area contributed by atoms with E-state index in [0.717, 1.165) is 5.39 Å². The predicted molar refractivity (Wildman–Crippen MR) is 85.5 cm³/mol. The number of benzene rings is 1. The van der Waals surface area contributed by atoms with Gasteiger partial charge in [0.15, 0.2) is 5.76 Å². The monoisotopic (exact) mass is 319 g/mol. The van der Waals surface area contributed by atoms with Crippen LogP contribution in [0.1, 0.15) is 30.8 Å². The standard InChI is InChI=1S/C17H21NO5/c1-10(2)7-13(17(20)22-4)18-16(19)15-9-11-8-12(21-3)5-6-14(11)23-15/h5-6,8-10,13H,7H2,1-4H3,(H,18,19)/t13-/m1/s1. The third-order valence-corrected chi connectivity index (χ3v) is 3.45. The number of carbonyl (C=O) groups is 2. The van der Waals surface area contributed by atoms with E-state index in [0.29, 0.717) is 17.8 Å². The van der Waals surface area contributed by atoms with E-state index in [2.05, 4.69) is 5.32 Å². The summed E-state index contributed by atoms with van der Waals surface area (Å²) in [5.41, 5.74) is 0.578. The number of fused-ring (bicyclic) bond motifs is 1. The van der Waals surface area contributed by atoms with E-state index >= 15 is 0 Å². The van der Waals surface area contributed by atoms with Gasteiger partial charge in [0.05, 0.1) is 14.2 Å². The number of rotatable bonds is 6. The maximum atomic E-state index is 12.3. The molecule has 0 fully saturated rings. The molecule has 2 rings (SSSR count). The molecule has 1 aromatic carbocycles. The van der Waals surface area contributed by atoms with Crippen LogP contribution in [0.5, 0.6) is 5.75 Å². The van der Waals surface area contributed by atoms with E-state index in [9.17, 15) is 9.59 Å². The lowest BCUT2D eigenvalue weighted by Gasteiger charge is -2.17. The Balaban J connectivity index is 2.19. The Bertz CT molecular complexity index is 704. The molecule has 23 heavy (non-hydrogen) atoms. The molecule has 0 spiro atoms. The Morgan fingerprint density at radius 1 is 1.22 bits per heavy atom. The molecule has 1 heterocycles. The maximum absolute atomic E-state index is 12.3. The average Bonchev–Trinajstić information content (AvgIpc) is 2.95. The average molecular weight is 319 g/mol. The normalized spacial score (nSPS) is 12.2. The fourth-order valence-electron chi connectivity index (χ4n) is 2.32. The maximum Gasteiger partial charge on any atom is 0.328 e. The molecule has 6 nitrogen and oxygen atoms in total. The van der Waals surface area contributed by atoms with Gasteiger partial charge in [-0.25, -0.2) is 4.79 Å². The zero-order valence-electron chi connectivity index (χ0n) is 13.7. The molecule has 1 atom stereocenters. The molecule has 1 aromatic heterocycles. The SMILES string of the molecule is COC(=O)[C@@H](CC(C)C)NC(=O)c1cc2cc(OC)ccc2o1. The van der Waals surface area contributed by atoms with Crippen LogP contribution >= 0.6 is 0 Å². The van der Waals surface area contributed by atoms with Crippen LogP contribution in [0.4, 0.5) is 0 Å². The van der Waals surface area contributed by atoms with Crippen LogP contribution in [0.3, 0.4) is 0 Å². The topological polar surface area (TPSA) is 77.8 Å². The van der Waals surface area contributed by atoms with Crippen LogP contribution in [-0.2, 0) is 9.53 Å². The van der Waals surface area contributed by atoms with Gasteiger partial charge in [-0.15, -0.1) is 0 Å². The quantitative estimate of drug-likeness (QED) is 0.828. The van der Waals surface area contributed by atoms with Gasteiger partial charge < -0.3 is 19.2 Å². The van der Waals surface area contributed by atoms with Gasteiger partial charge >= 0.3 is 5.97 Å². The van der Waals surface area contributed by atoms with Crippen molar-refractivity contribution in [3.63, 3.8) is 0 Å². The van der Waals surface area contributed by atoms with E-state index < -0.39 is 17.9 Å². The Kier molecular flexibility index (Phi) is 5.26. The summed E-state index contributed by atoms with van der Waals surface area (Å²) in [6, 6.07) is 6.19. The van der Waals surface area contributed by atoms with Crippen molar-refractivity contribution < 1.29 is 23.5 Å². The van der Waals surface area contributed by atoms with Crippen molar-refractivity contribution >= 4 is 22.8 Å². The summed E-state index contributed by atoms with van der Waals surface area (Å²) < 4.78 is 15.4. The summed E-state index contributed by atoms with van der Waals surface area (Å²) in [4.78, 5) is 24.1. The summed E-state index contributed by atoms with van der Waals surface area (Å²) in [6.45, 7) is 3.94. The summed E-state index contributed by atoms with van der Waals surface area (Å²) >= 11 is 0. The second-order valence-corrected chi connectivity index (χ2v) is 5.69. The second-order valence-electron chi connectivity index (χ2n) is 5.69. The van der Waals surface area contributed by atoms with Crippen molar-refractivity contribution in [3.8, 4) is 5.75 Å². The molecule has 0 aliphatic heterocycles. The molecule has 6 heteroatoms. The van der Waals surface area contributed by atoms with Crippen molar-refractivity contribution in [2.75, 3.05) is 14.2 Å². The number of esters is 1. The highest BCUT2D eigenvalue weighted by atomic mass is 16.5. The number of hydrogen-bond donors (Lipinski definition) is 1. The van der Waals surface area contributed by atoms with Gasteiger partial charge in [-0.2, -0.15) is 0 Å². The second kappa shape index (κ2) is 7.17. The fraction of sp³-hybridized carbons (Fsp3) is 0.412. The molecule has 0 saturated carbocycles. The first-order valence-corrected chi connectivity index (χ1v) is 7.41. The molecule has 1 N–H and O–H groups in total. The number of ether oxygens (including phenoxy) is 2. The molecule has 1 amide bonds. The number of methoxy groups -OCH3 is 2. The van der Waals surface area contributed by atoms with Gasteiger partial charge in [0, 0.05) is 5.39 Å². The van der Waals surface area contributed by atoms with Crippen LogP contribution in [0.25, 0.3) is 11.0 Å². The summed E-state index contributed by atoms with van der Waals surface area (Å²) in [7, 11) is 2.87. The van der Waals surface area contributed by atoms with Crippen LogP contribution in [0.15, 0.2) is 28.7 Å². The molecular weight excluding hydrogens is 298 g/mol. The van der Waals surface area contributed by atoms with Crippen molar-refractivity contribution in [2.45, 2.75) is 26.3 Å². The largest absolute Gasteiger partial charge is 0.497 e. The third-order valence-electron chi connectivity index (χ3n) is 3.45. The highest BCUT2D eigenvalue weighted by Gasteiger charge is 2.24. The third kappa shape index (κ3) is 4.03. The first-order chi connectivity index (χ1) is 10.9. The molecule has 0 unspecified atom stereocenters. The first-order valence-electron chi connectivity index (χ1n) is 7.41. The smallest absolute Gasteiger partial charge is 0.328 e. The Morgan fingerprint density at radius 2 is 1.96 bits per heavy atom. The van der Waals surface area contributed by atoms with E-state index in [-0.39, 0.29) is 11.7 Å². The van der Waals surface area contributed by atoms with E-state index in [1.165, 1.54) is 7.11 Å². The summed E-state index contributed by atoms with van der Waals surface area (Å²) in [5, 5.41) is 3.42. The zero-order chi connectivity index (χ0) is 17.0. The summed E-state index contributed by atoms with van der Waals surface area (Å²) in [5.74, 6) is 0.142. The minimum atomic E-state index is -0.699. The highest BCUT2D eigenvalue weighted by Crippen LogP contribution is 2.24. The van der Waals surface area contributed by atoms with E-state index in [1.54, 1.807) is 31.4 Å².